The van der Waals surface area contributed by atoms with Gasteiger partial charge in [-0.25, -0.2) is 14.6 Å². The summed E-state index contributed by atoms with van der Waals surface area (Å²) in [6.07, 6.45) is 1.03. The van der Waals surface area contributed by atoms with Crippen molar-refractivity contribution in [1.29, 1.82) is 0 Å². The van der Waals surface area contributed by atoms with Crippen LogP contribution in [0.4, 0.5) is 5.82 Å². The van der Waals surface area contributed by atoms with Gasteiger partial charge in [-0.15, -0.1) is 0 Å². The quantitative estimate of drug-likeness (QED) is 0.559. The number of benzene rings is 1. The molecule has 3 aromatic rings. The van der Waals surface area contributed by atoms with Crippen LogP contribution in [-0.4, -0.2) is 25.5 Å². The third kappa shape index (κ3) is 3.96. The molecule has 0 aliphatic heterocycles. The summed E-state index contributed by atoms with van der Waals surface area (Å²) >= 11 is 0. The highest BCUT2D eigenvalue weighted by Gasteiger charge is 2.08. The molecule has 0 spiro atoms. The second-order valence-electron chi connectivity index (χ2n) is 6.36. The van der Waals surface area contributed by atoms with E-state index in [0.717, 1.165) is 34.9 Å². The molecule has 0 radical (unpaired) electrons. The van der Waals surface area contributed by atoms with Crippen molar-refractivity contribution in [3.05, 3.63) is 64.7 Å². The number of hydrogen-bond acceptors (Lipinski definition) is 5. The van der Waals surface area contributed by atoms with E-state index in [1.54, 1.807) is 0 Å². The second-order valence-corrected chi connectivity index (χ2v) is 6.36. The molecule has 0 saturated carbocycles. The van der Waals surface area contributed by atoms with Crippen LogP contribution in [0, 0.1) is 20.8 Å². The molecule has 0 fully saturated rings. The maximum absolute atomic E-state index is 4.48. The van der Waals surface area contributed by atoms with Crippen molar-refractivity contribution >= 4 is 11.5 Å². The Labute approximate surface area is 154 Å². The van der Waals surface area contributed by atoms with Crippen LogP contribution in [0.5, 0.6) is 0 Å². The predicted molar refractivity (Wildman–Crippen MR) is 105 cm³/mol. The molecule has 0 atom stereocenters. The monoisotopic (exact) mass is 348 g/mol. The minimum Gasteiger partial charge on any atom is -0.261 e. The molecule has 0 aliphatic carbocycles. The molecule has 134 valence electrons. The second kappa shape index (κ2) is 7.47. The molecule has 26 heavy (non-hydrogen) atoms. The van der Waals surface area contributed by atoms with Crippen molar-refractivity contribution in [3.8, 4) is 5.82 Å². The van der Waals surface area contributed by atoms with E-state index in [2.05, 4.69) is 56.8 Å². The van der Waals surface area contributed by atoms with Gasteiger partial charge in [-0.3, -0.25) is 5.43 Å². The number of hydrogen-bond donors (Lipinski definition) is 1. The molecule has 1 N–H and O–H groups in total. The van der Waals surface area contributed by atoms with Crippen LogP contribution in [0.1, 0.15) is 42.2 Å². The molecule has 0 aliphatic rings. The van der Waals surface area contributed by atoms with E-state index < -0.39 is 0 Å². The van der Waals surface area contributed by atoms with Crippen molar-refractivity contribution in [2.24, 2.45) is 5.10 Å². The van der Waals surface area contributed by atoms with Crippen molar-refractivity contribution < 1.29 is 0 Å². The zero-order valence-corrected chi connectivity index (χ0v) is 15.9. The number of anilines is 1. The third-order valence-corrected chi connectivity index (χ3v) is 4.17. The molecule has 6 nitrogen and oxygen atoms in total. The van der Waals surface area contributed by atoms with Gasteiger partial charge in [-0.1, -0.05) is 31.2 Å². The van der Waals surface area contributed by atoms with Gasteiger partial charge in [0.05, 0.1) is 11.4 Å². The third-order valence-electron chi connectivity index (χ3n) is 4.17. The number of hydrazone groups is 1. The summed E-state index contributed by atoms with van der Waals surface area (Å²) in [6.45, 7) is 9.96. The number of nitrogens with zero attached hydrogens (tertiary/aromatic N) is 5. The SMILES string of the molecule is CCc1ccc(/C(C)=N/Nc2cc(-n3nc(C)cc3C)nc(C)n2)cc1. The lowest BCUT2D eigenvalue weighted by Gasteiger charge is -2.08. The Morgan fingerprint density at radius 3 is 2.42 bits per heavy atom. The van der Waals surface area contributed by atoms with Gasteiger partial charge in [0.15, 0.2) is 11.6 Å². The molecule has 2 heterocycles. The van der Waals surface area contributed by atoms with Gasteiger partial charge >= 0.3 is 0 Å². The van der Waals surface area contributed by atoms with Gasteiger partial charge in [0.2, 0.25) is 0 Å². The van der Waals surface area contributed by atoms with Crippen LogP contribution in [0.25, 0.3) is 5.82 Å². The molecule has 0 bridgehead atoms. The van der Waals surface area contributed by atoms with Gasteiger partial charge in [-0.05, 0) is 51.3 Å². The Morgan fingerprint density at radius 2 is 1.81 bits per heavy atom. The minimum atomic E-state index is 0.643. The lowest BCUT2D eigenvalue weighted by atomic mass is 10.1. The average molecular weight is 348 g/mol. The van der Waals surface area contributed by atoms with Gasteiger partial charge in [-0.2, -0.15) is 10.2 Å². The number of aromatic nitrogens is 4. The molecular weight excluding hydrogens is 324 g/mol. The Morgan fingerprint density at radius 1 is 1.08 bits per heavy atom. The minimum absolute atomic E-state index is 0.643. The zero-order chi connectivity index (χ0) is 18.7. The van der Waals surface area contributed by atoms with E-state index in [4.69, 9.17) is 0 Å². The Kier molecular flexibility index (Phi) is 5.11. The highest BCUT2D eigenvalue weighted by Crippen LogP contribution is 2.14. The van der Waals surface area contributed by atoms with Gasteiger partial charge < -0.3 is 0 Å². The first kappa shape index (κ1) is 17.8. The maximum atomic E-state index is 4.48. The lowest BCUT2D eigenvalue weighted by Crippen LogP contribution is -2.07. The van der Waals surface area contributed by atoms with E-state index in [1.165, 1.54) is 5.56 Å². The molecular formula is C20H24N6. The van der Waals surface area contributed by atoms with Crippen LogP contribution < -0.4 is 5.43 Å². The number of nitrogens with one attached hydrogen (secondary N) is 1. The van der Waals surface area contributed by atoms with Crippen LogP contribution in [0.2, 0.25) is 0 Å². The zero-order valence-electron chi connectivity index (χ0n) is 15.9. The number of rotatable bonds is 5. The molecule has 3 rings (SSSR count). The molecule has 2 aromatic heterocycles. The van der Waals surface area contributed by atoms with Crippen LogP contribution in [0.3, 0.4) is 0 Å². The Bertz CT molecular complexity index is 937. The van der Waals surface area contributed by atoms with E-state index in [1.807, 2.05) is 44.5 Å². The topological polar surface area (TPSA) is 68.0 Å². The summed E-state index contributed by atoms with van der Waals surface area (Å²) in [5.41, 5.74) is 8.33. The van der Waals surface area contributed by atoms with Crippen LogP contribution in [-0.2, 0) is 6.42 Å². The van der Waals surface area contributed by atoms with Crippen molar-refractivity contribution in [1.82, 2.24) is 19.7 Å². The largest absolute Gasteiger partial charge is 0.261 e. The van der Waals surface area contributed by atoms with Gasteiger partial charge in [0, 0.05) is 11.8 Å². The lowest BCUT2D eigenvalue weighted by molar-refractivity contribution is 0.793. The van der Waals surface area contributed by atoms with Crippen LogP contribution in [0.15, 0.2) is 41.5 Å². The molecule has 6 heteroatoms. The van der Waals surface area contributed by atoms with Crippen molar-refractivity contribution in [3.63, 3.8) is 0 Å². The fraction of sp³-hybridized carbons (Fsp3) is 0.300. The summed E-state index contributed by atoms with van der Waals surface area (Å²) in [4.78, 5) is 8.90. The van der Waals surface area contributed by atoms with E-state index >= 15 is 0 Å². The van der Waals surface area contributed by atoms with Gasteiger partial charge in [0.25, 0.3) is 0 Å². The normalized spacial score (nSPS) is 11.7. The van der Waals surface area contributed by atoms with Crippen molar-refractivity contribution in [2.45, 2.75) is 41.0 Å². The summed E-state index contributed by atoms with van der Waals surface area (Å²) in [6, 6.07) is 12.3. The Balaban J connectivity index is 1.84. The summed E-state index contributed by atoms with van der Waals surface area (Å²) in [7, 11) is 0. The van der Waals surface area contributed by atoms with E-state index in [0.29, 0.717) is 11.6 Å². The summed E-state index contributed by atoms with van der Waals surface area (Å²) in [5.74, 6) is 2.04. The Hall–Kier alpha value is -3.02. The molecule has 1 aromatic carbocycles. The fourth-order valence-electron chi connectivity index (χ4n) is 2.77. The summed E-state index contributed by atoms with van der Waals surface area (Å²) < 4.78 is 1.81. The smallest absolute Gasteiger partial charge is 0.159 e. The summed E-state index contributed by atoms with van der Waals surface area (Å²) in [5, 5.41) is 8.95. The van der Waals surface area contributed by atoms with Crippen molar-refractivity contribution in [2.75, 3.05) is 5.43 Å². The van der Waals surface area contributed by atoms with Crippen LogP contribution >= 0.6 is 0 Å². The first-order chi connectivity index (χ1) is 12.5. The highest BCUT2D eigenvalue weighted by molar-refractivity contribution is 5.99. The van der Waals surface area contributed by atoms with E-state index in [9.17, 15) is 0 Å². The highest BCUT2D eigenvalue weighted by atomic mass is 15.3. The first-order valence-corrected chi connectivity index (χ1v) is 8.75. The molecule has 0 amide bonds. The van der Waals surface area contributed by atoms with E-state index in [-0.39, 0.29) is 0 Å². The average Bonchev–Trinajstić information content (AvgIpc) is 2.97. The number of aryl methyl sites for hydroxylation is 4. The molecule has 0 saturated heterocycles. The fourth-order valence-corrected chi connectivity index (χ4v) is 2.77. The van der Waals surface area contributed by atoms with Gasteiger partial charge in [0.1, 0.15) is 5.82 Å². The maximum Gasteiger partial charge on any atom is 0.159 e. The first-order valence-electron chi connectivity index (χ1n) is 8.75. The standard InChI is InChI=1S/C20H24N6/c1-6-17-7-9-18(10-8-17)15(4)23-24-19-12-20(22-16(5)21-19)26-14(3)11-13(2)25-26/h7-12H,6H2,1-5H3,(H,21,22,24)/b23-15+. The molecule has 0 unspecified atom stereocenters. The predicted octanol–water partition coefficient (Wildman–Crippen LogP) is 3.99.